The smallest absolute Gasteiger partial charge is 0.0829 e. The summed E-state index contributed by atoms with van der Waals surface area (Å²) < 4.78 is 5.84. The molecule has 2 N–H and O–H groups in total. The van der Waals surface area contributed by atoms with E-state index in [0.29, 0.717) is 12.6 Å². The van der Waals surface area contributed by atoms with Crippen molar-refractivity contribution >= 4 is 0 Å². The Morgan fingerprint density at radius 2 is 2.16 bits per heavy atom. The van der Waals surface area contributed by atoms with E-state index < -0.39 is 0 Å². The normalized spacial score (nSPS) is 20.9. The Kier molecular flexibility index (Phi) is 5.79. The minimum absolute atomic E-state index is 0.300. The average molecular weight is 263 g/mol. The minimum atomic E-state index is 0.300. The van der Waals surface area contributed by atoms with Crippen LogP contribution in [0.25, 0.3) is 0 Å². The molecule has 4 heteroatoms. The molecule has 0 saturated carbocycles. The van der Waals surface area contributed by atoms with Gasteiger partial charge < -0.3 is 15.4 Å². The van der Waals surface area contributed by atoms with Crippen molar-refractivity contribution in [1.29, 1.82) is 0 Å². The van der Waals surface area contributed by atoms with Crippen molar-refractivity contribution in [2.45, 2.75) is 12.6 Å². The topological polar surface area (TPSA) is 41.7 Å². The van der Waals surface area contributed by atoms with Crippen LogP contribution >= 0.6 is 0 Å². The second kappa shape index (κ2) is 7.60. The molecule has 106 valence electrons. The van der Waals surface area contributed by atoms with Gasteiger partial charge in [0.15, 0.2) is 0 Å². The van der Waals surface area contributed by atoms with Crippen LogP contribution in [0.15, 0.2) is 30.3 Å². The molecule has 1 saturated heterocycles. The second-order valence-corrected chi connectivity index (χ2v) is 5.26. The van der Waals surface area contributed by atoms with E-state index in [0.717, 1.165) is 39.3 Å². The molecule has 1 aliphatic rings. The molecule has 1 atom stereocenters. The summed E-state index contributed by atoms with van der Waals surface area (Å²) in [6.45, 7) is 6.39. The molecule has 0 radical (unpaired) electrons. The van der Waals surface area contributed by atoms with Gasteiger partial charge in [-0.25, -0.2) is 0 Å². The van der Waals surface area contributed by atoms with Crippen molar-refractivity contribution in [3.63, 3.8) is 0 Å². The van der Waals surface area contributed by atoms with Crippen molar-refractivity contribution in [2.24, 2.45) is 5.73 Å². The summed E-state index contributed by atoms with van der Waals surface area (Å²) in [5.74, 6) is 0. The van der Waals surface area contributed by atoms with E-state index in [1.807, 2.05) is 0 Å². The fourth-order valence-electron chi connectivity index (χ4n) is 2.52. The number of morpholine rings is 1. The van der Waals surface area contributed by atoms with Crippen LogP contribution in [0.4, 0.5) is 0 Å². The predicted molar refractivity (Wildman–Crippen MR) is 78.0 cm³/mol. The molecule has 1 unspecified atom stereocenters. The summed E-state index contributed by atoms with van der Waals surface area (Å²) in [4.78, 5) is 4.72. The number of hydrogen-bond acceptors (Lipinski definition) is 4. The molecule has 0 aliphatic carbocycles. The molecular formula is C15H25N3O. The Balaban J connectivity index is 1.88. The van der Waals surface area contributed by atoms with Crippen molar-refractivity contribution in [1.82, 2.24) is 9.80 Å². The van der Waals surface area contributed by atoms with E-state index in [1.165, 1.54) is 5.56 Å². The van der Waals surface area contributed by atoms with Crippen LogP contribution in [0.5, 0.6) is 0 Å². The first-order chi connectivity index (χ1) is 9.28. The quantitative estimate of drug-likeness (QED) is 0.823. The lowest BCUT2D eigenvalue weighted by Crippen LogP contribution is -2.46. The van der Waals surface area contributed by atoms with E-state index in [2.05, 4.69) is 47.2 Å². The zero-order chi connectivity index (χ0) is 13.5. The maximum absolute atomic E-state index is 5.84. The second-order valence-electron chi connectivity index (χ2n) is 5.26. The lowest BCUT2D eigenvalue weighted by molar-refractivity contribution is -0.0363. The van der Waals surface area contributed by atoms with Crippen LogP contribution in [0, 0.1) is 0 Å². The standard InChI is InChI=1S/C15H25N3O/c1-17-9-10-19-15(12-17)13-18(8-7-16)11-14-5-3-2-4-6-14/h2-6,15H,7-13,16H2,1H3. The van der Waals surface area contributed by atoms with Gasteiger partial charge >= 0.3 is 0 Å². The van der Waals surface area contributed by atoms with Crippen molar-refractivity contribution in [2.75, 3.05) is 46.4 Å². The van der Waals surface area contributed by atoms with Crippen molar-refractivity contribution in [3.05, 3.63) is 35.9 Å². The monoisotopic (exact) mass is 263 g/mol. The van der Waals surface area contributed by atoms with Gasteiger partial charge in [-0.3, -0.25) is 4.90 Å². The van der Waals surface area contributed by atoms with E-state index in [-0.39, 0.29) is 0 Å². The van der Waals surface area contributed by atoms with Gasteiger partial charge in [-0.2, -0.15) is 0 Å². The Hall–Kier alpha value is -0.940. The number of benzene rings is 1. The molecule has 0 aromatic heterocycles. The number of nitrogens with zero attached hydrogens (tertiary/aromatic N) is 2. The van der Waals surface area contributed by atoms with Gasteiger partial charge in [-0.15, -0.1) is 0 Å². The Bertz CT molecular complexity index is 358. The molecule has 19 heavy (non-hydrogen) atoms. The van der Waals surface area contributed by atoms with E-state index >= 15 is 0 Å². The number of rotatable bonds is 6. The van der Waals surface area contributed by atoms with Crippen molar-refractivity contribution in [3.8, 4) is 0 Å². The van der Waals surface area contributed by atoms with Gasteiger partial charge in [0.2, 0.25) is 0 Å². The first-order valence-electron chi connectivity index (χ1n) is 7.04. The summed E-state index contributed by atoms with van der Waals surface area (Å²) >= 11 is 0. The average Bonchev–Trinajstić information content (AvgIpc) is 2.40. The van der Waals surface area contributed by atoms with Gasteiger partial charge in [-0.05, 0) is 12.6 Å². The third-order valence-electron chi connectivity index (χ3n) is 3.50. The highest BCUT2D eigenvalue weighted by atomic mass is 16.5. The van der Waals surface area contributed by atoms with Crippen molar-refractivity contribution < 1.29 is 4.74 Å². The number of hydrogen-bond donors (Lipinski definition) is 1. The lowest BCUT2D eigenvalue weighted by Gasteiger charge is -2.33. The van der Waals surface area contributed by atoms with E-state index in [1.54, 1.807) is 0 Å². The third-order valence-corrected chi connectivity index (χ3v) is 3.50. The largest absolute Gasteiger partial charge is 0.374 e. The first-order valence-corrected chi connectivity index (χ1v) is 7.04. The predicted octanol–water partition coefficient (Wildman–Crippen LogP) is 0.778. The summed E-state index contributed by atoms with van der Waals surface area (Å²) in [5, 5.41) is 0. The fourth-order valence-corrected chi connectivity index (χ4v) is 2.52. The minimum Gasteiger partial charge on any atom is -0.374 e. The molecule has 1 heterocycles. The molecule has 1 aliphatic heterocycles. The van der Waals surface area contributed by atoms with Crippen LogP contribution in [0.1, 0.15) is 5.56 Å². The maximum atomic E-state index is 5.84. The molecule has 0 amide bonds. The highest BCUT2D eigenvalue weighted by Gasteiger charge is 2.20. The summed E-state index contributed by atoms with van der Waals surface area (Å²) in [7, 11) is 2.15. The van der Waals surface area contributed by atoms with Crippen LogP contribution in [0.3, 0.4) is 0 Å². The zero-order valence-corrected chi connectivity index (χ0v) is 11.8. The molecule has 1 aromatic carbocycles. The van der Waals surface area contributed by atoms with Crippen LogP contribution in [0.2, 0.25) is 0 Å². The molecule has 2 rings (SSSR count). The summed E-state index contributed by atoms with van der Waals surface area (Å²) in [6.07, 6.45) is 0.300. The summed E-state index contributed by atoms with van der Waals surface area (Å²) in [6, 6.07) is 10.5. The van der Waals surface area contributed by atoms with Gasteiger partial charge in [0, 0.05) is 39.3 Å². The molecular weight excluding hydrogens is 238 g/mol. The third kappa shape index (κ3) is 4.91. The molecule has 4 nitrogen and oxygen atoms in total. The van der Waals surface area contributed by atoms with Gasteiger partial charge in [0.25, 0.3) is 0 Å². The van der Waals surface area contributed by atoms with E-state index in [4.69, 9.17) is 10.5 Å². The fraction of sp³-hybridized carbons (Fsp3) is 0.600. The van der Waals surface area contributed by atoms with Crippen LogP contribution < -0.4 is 5.73 Å². The molecule has 1 fully saturated rings. The van der Waals surface area contributed by atoms with Gasteiger partial charge in [0.1, 0.15) is 0 Å². The maximum Gasteiger partial charge on any atom is 0.0829 e. The highest BCUT2D eigenvalue weighted by molar-refractivity contribution is 5.14. The van der Waals surface area contributed by atoms with Gasteiger partial charge in [-0.1, -0.05) is 30.3 Å². The van der Waals surface area contributed by atoms with Crippen LogP contribution in [-0.4, -0.2) is 62.3 Å². The highest BCUT2D eigenvalue weighted by Crippen LogP contribution is 2.09. The molecule has 0 spiro atoms. The lowest BCUT2D eigenvalue weighted by atomic mass is 10.2. The molecule has 1 aromatic rings. The first kappa shape index (κ1) is 14.5. The zero-order valence-electron chi connectivity index (χ0n) is 11.8. The number of nitrogens with two attached hydrogens (primary N) is 1. The Labute approximate surface area is 116 Å². The Morgan fingerprint density at radius 1 is 1.37 bits per heavy atom. The number of ether oxygens (including phenoxy) is 1. The number of likely N-dealkylation sites (N-methyl/N-ethyl adjacent to an activating group) is 1. The SMILES string of the molecule is CN1CCOC(CN(CCN)Cc2ccccc2)C1. The van der Waals surface area contributed by atoms with Gasteiger partial charge in [0.05, 0.1) is 12.7 Å². The molecule has 0 bridgehead atoms. The van der Waals surface area contributed by atoms with E-state index in [9.17, 15) is 0 Å². The van der Waals surface area contributed by atoms with Crippen LogP contribution in [-0.2, 0) is 11.3 Å². The Morgan fingerprint density at radius 3 is 2.84 bits per heavy atom. The summed E-state index contributed by atoms with van der Waals surface area (Å²) in [5.41, 5.74) is 7.06.